The van der Waals surface area contributed by atoms with E-state index in [2.05, 4.69) is 133 Å². The Balaban J connectivity index is 1.07. The van der Waals surface area contributed by atoms with E-state index in [-0.39, 0.29) is 0 Å². The van der Waals surface area contributed by atoms with Gasteiger partial charge in [-0.05, 0) is 52.6 Å². The molecule has 0 bridgehead atoms. The molecule has 4 nitrogen and oxygen atoms in total. The van der Waals surface area contributed by atoms with Gasteiger partial charge in [-0.2, -0.15) is 0 Å². The zero-order chi connectivity index (χ0) is 37.0. The van der Waals surface area contributed by atoms with Gasteiger partial charge in [-0.15, -0.1) is 0 Å². The van der Waals surface area contributed by atoms with Crippen LogP contribution in [0.25, 0.3) is 111 Å². The minimum atomic E-state index is 0.698. The molecule has 3 heterocycles. The van der Waals surface area contributed by atoms with Crippen molar-refractivity contribution in [2.75, 3.05) is 0 Å². The summed E-state index contributed by atoms with van der Waals surface area (Å²) in [5, 5.41) is 4.42. The molecule has 0 amide bonds. The lowest BCUT2D eigenvalue weighted by Crippen LogP contribution is -1.96. The van der Waals surface area contributed by atoms with Crippen molar-refractivity contribution in [2.24, 2.45) is 0 Å². The normalized spacial score (nSPS) is 11.6. The summed E-state index contributed by atoms with van der Waals surface area (Å²) < 4.78 is 12.9. The topological polar surface area (TPSA) is 52.1 Å². The van der Waals surface area contributed by atoms with Crippen molar-refractivity contribution >= 4 is 43.9 Å². The van der Waals surface area contributed by atoms with Gasteiger partial charge in [0.05, 0.1) is 11.4 Å². The minimum absolute atomic E-state index is 0.698. The molecule has 56 heavy (non-hydrogen) atoms. The van der Waals surface area contributed by atoms with Crippen LogP contribution in [0.3, 0.4) is 0 Å². The number of nitrogens with zero attached hydrogens (tertiary/aromatic N) is 2. The van der Waals surface area contributed by atoms with Gasteiger partial charge in [-0.1, -0.05) is 164 Å². The van der Waals surface area contributed by atoms with Crippen molar-refractivity contribution in [2.45, 2.75) is 0 Å². The summed E-state index contributed by atoms with van der Waals surface area (Å²) in [6.07, 6.45) is 0. The van der Waals surface area contributed by atoms with E-state index in [1.54, 1.807) is 0 Å². The number of benzene rings is 8. The van der Waals surface area contributed by atoms with Crippen molar-refractivity contribution in [3.8, 4) is 67.3 Å². The molecule has 0 N–H and O–H groups in total. The first-order valence-electron chi connectivity index (χ1n) is 18.8. The molecule has 11 aromatic rings. The summed E-state index contributed by atoms with van der Waals surface area (Å²) in [4.78, 5) is 10.1. The molecule has 0 saturated heterocycles. The number of rotatable bonds is 6. The fraction of sp³-hybridized carbons (Fsp3) is 0. The van der Waals surface area contributed by atoms with E-state index in [1.807, 2.05) is 60.7 Å². The van der Waals surface area contributed by atoms with Crippen molar-refractivity contribution < 1.29 is 8.83 Å². The van der Waals surface area contributed by atoms with E-state index in [0.717, 1.165) is 105 Å². The second-order valence-corrected chi connectivity index (χ2v) is 14.1. The molecule has 262 valence electrons. The average molecular weight is 717 g/mol. The van der Waals surface area contributed by atoms with E-state index in [4.69, 9.17) is 18.8 Å². The smallest absolute Gasteiger partial charge is 0.160 e. The third kappa shape index (κ3) is 5.39. The Morgan fingerprint density at radius 3 is 1.66 bits per heavy atom. The molecule has 8 aromatic carbocycles. The predicted octanol–water partition coefficient (Wildman–Crippen LogP) is 14.3. The summed E-state index contributed by atoms with van der Waals surface area (Å²) in [5.74, 6) is 0.698. The van der Waals surface area contributed by atoms with Gasteiger partial charge in [-0.25, -0.2) is 9.97 Å². The van der Waals surface area contributed by atoms with Gasteiger partial charge < -0.3 is 8.83 Å². The Labute approximate surface area is 323 Å². The molecule has 3 aromatic heterocycles. The Morgan fingerprint density at radius 1 is 0.321 bits per heavy atom. The van der Waals surface area contributed by atoms with Gasteiger partial charge in [0.1, 0.15) is 22.3 Å². The highest BCUT2D eigenvalue weighted by Gasteiger charge is 2.20. The Kier molecular flexibility index (Phi) is 7.46. The van der Waals surface area contributed by atoms with E-state index in [1.165, 1.54) is 0 Å². The van der Waals surface area contributed by atoms with Crippen LogP contribution in [0.5, 0.6) is 0 Å². The van der Waals surface area contributed by atoms with Crippen LogP contribution in [-0.2, 0) is 0 Å². The molecule has 4 heteroatoms. The Hall–Kier alpha value is -7.56. The largest absolute Gasteiger partial charge is 0.456 e. The standard InChI is InChI=1S/C52H32N2O2/c1-3-13-34(14-4-1)44-32-45(54-52(53-44)36-15-5-2-6-16-36)35-27-25-33(26-28-35)39-29-30-48-50(43-20-8-10-24-47(43)55-48)49(39)38-18-11-17-37(31-38)40-21-12-22-42-41-19-7-9-23-46(41)56-51(40)42/h1-32H. The molecular formula is C52H32N2O2. The Morgan fingerprint density at radius 2 is 0.893 bits per heavy atom. The average Bonchev–Trinajstić information content (AvgIpc) is 3.85. The SMILES string of the molecule is c1ccc(-c2cc(-c3ccc(-c4ccc5oc6ccccc6c5c4-c4cccc(-c5cccc6c5oc5ccccc56)c4)cc3)nc(-c3ccccc3)n2)cc1. The van der Waals surface area contributed by atoms with Crippen molar-refractivity contribution in [1.82, 2.24) is 9.97 Å². The summed E-state index contributed by atoms with van der Waals surface area (Å²) in [6, 6.07) is 67.3. The van der Waals surface area contributed by atoms with Gasteiger partial charge in [0, 0.05) is 49.4 Å². The third-order valence-electron chi connectivity index (χ3n) is 10.7. The van der Waals surface area contributed by atoms with Crippen molar-refractivity contribution in [1.29, 1.82) is 0 Å². The first kappa shape index (κ1) is 31.9. The highest BCUT2D eigenvalue weighted by atomic mass is 16.3. The van der Waals surface area contributed by atoms with Gasteiger partial charge in [0.15, 0.2) is 5.82 Å². The van der Waals surface area contributed by atoms with Crippen LogP contribution in [0.4, 0.5) is 0 Å². The quantitative estimate of drug-likeness (QED) is 0.172. The molecule has 0 spiro atoms. The molecule has 0 atom stereocenters. The molecule has 0 saturated carbocycles. The lowest BCUT2D eigenvalue weighted by atomic mass is 9.88. The highest BCUT2D eigenvalue weighted by Crippen LogP contribution is 2.45. The first-order valence-corrected chi connectivity index (χ1v) is 18.8. The highest BCUT2D eigenvalue weighted by molar-refractivity contribution is 6.16. The van der Waals surface area contributed by atoms with Gasteiger partial charge in [0.2, 0.25) is 0 Å². The van der Waals surface area contributed by atoms with Gasteiger partial charge in [-0.3, -0.25) is 0 Å². The minimum Gasteiger partial charge on any atom is -0.456 e. The maximum Gasteiger partial charge on any atom is 0.160 e. The second-order valence-electron chi connectivity index (χ2n) is 14.1. The predicted molar refractivity (Wildman–Crippen MR) is 229 cm³/mol. The monoisotopic (exact) mass is 716 g/mol. The summed E-state index contributed by atoms with van der Waals surface area (Å²) in [6.45, 7) is 0. The molecule has 0 aliphatic carbocycles. The molecule has 0 aliphatic heterocycles. The summed E-state index contributed by atoms with van der Waals surface area (Å²) in [5.41, 5.74) is 14.9. The van der Waals surface area contributed by atoms with Crippen molar-refractivity contribution in [3.63, 3.8) is 0 Å². The number of furan rings is 2. The van der Waals surface area contributed by atoms with Crippen LogP contribution < -0.4 is 0 Å². The number of hydrogen-bond donors (Lipinski definition) is 0. The van der Waals surface area contributed by atoms with E-state index >= 15 is 0 Å². The van der Waals surface area contributed by atoms with E-state index < -0.39 is 0 Å². The van der Waals surface area contributed by atoms with Crippen molar-refractivity contribution in [3.05, 3.63) is 194 Å². The lowest BCUT2D eigenvalue weighted by molar-refractivity contribution is 0.669. The Bertz CT molecular complexity index is 3180. The summed E-state index contributed by atoms with van der Waals surface area (Å²) in [7, 11) is 0. The fourth-order valence-corrected chi connectivity index (χ4v) is 8.06. The maximum absolute atomic E-state index is 6.48. The maximum atomic E-state index is 6.48. The molecule has 0 radical (unpaired) electrons. The van der Waals surface area contributed by atoms with Crippen LogP contribution in [0.1, 0.15) is 0 Å². The number of fused-ring (bicyclic) bond motifs is 6. The van der Waals surface area contributed by atoms with Gasteiger partial charge >= 0.3 is 0 Å². The molecule has 0 fully saturated rings. The lowest BCUT2D eigenvalue weighted by Gasteiger charge is -2.14. The first-order chi connectivity index (χ1) is 27.7. The van der Waals surface area contributed by atoms with E-state index in [0.29, 0.717) is 5.82 Å². The van der Waals surface area contributed by atoms with Crippen LogP contribution >= 0.6 is 0 Å². The van der Waals surface area contributed by atoms with Crippen LogP contribution in [0.2, 0.25) is 0 Å². The zero-order valence-electron chi connectivity index (χ0n) is 30.2. The number of aromatic nitrogens is 2. The van der Waals surface area contributed by atoms with Gasteiger partial charge in [0.25, 0.3) is 0 Å². The molecule has 11 rings (SSSR count). The number of hydrogen-bond acceptors (Lipinski definition) is 4. The van der Waals surface area contributed by atoms with Crippen LogP contribution in [0.15, 0.2) is 203 Å². The molecular weight excluding hydrogens is 685 g/mol. The zero-order valence-corrected chi connectivity index (χ0v) is 30.2. The fourth-order valence-electron chi connectivity index (χ4n) is 8.06. The van der Waals surface area contributed by atoms with Crippen LogP contribution in [0, 0.1) is 0 Å². The van der Waals surface area contributed by atoms with E-state index in [9.17, 15) is 0 Å². The second kappa shape index (κ2) is 13.1. The third-order valence-corrected chi connectivity index (χ3v) is 10.7. The number of para-hydroxylation sites is 3. The molecule has 0 aliphatic rings. The van der Waals surface area contributed by atoms with Crippen LogP contribution in [-0.4, -0.2) is 9.97 Å². The molecule has 0 unspecified atom stereocenters. The summed E-state index contributed by atoms with van der Waals surface area (Å²) >= 11 is 0.